The Kier molecular flexibility index (Phi) is 3.54. The molecule has 4 nitrogen and oxygen atoms in total. The highest BCUT2D eigenvalue weighted by atomic mass is 16.7. The van der Waals surface area contributed by atoms with Crippen LogP contribution in [0.1, 0.15) is 18.4 Å². The Morgan fingerprint density at radius 1 is 1.44 bits per heavy atom. The third-order valence-electron chi connectivity index (χ3n) is 2.59. The van der Waals surface area contributed by atoms with Crippen LogP contribution in [0.3, 0.4) is 0 Å². The van der Waals surface area contributed by atoms with Crippen LogP contribution in [-0.4, -0.2) is 17.1 Å². The second kappa shape index (κ2) is 5.09. The summed E-state index contributed by atoms with van der Waals surface area (Å²) in [5.74, 6) is -0.321. The van der Waals surface area contributed by atoms with Crippen LogP contribution in [0.25, 0.3) is 0 Å². The number of carbonyl (C=O) groups is 1. The van der Waals surface area contributed by atoms with E-state index in [0.29, 0.717) is 6.61 Å². The van der Waals surface area contributed by atoms with Gasteiger partial charge in [0.1, 0.15) is 6.10 Å². The molecule has 0 spiro atoms. The Balaban J connectivity index is 1.69. The molecule has 1 atom stereocenters. The van der Waals surface area contributed by atoms with E-state index in [4.69, 9.17) is 4.84 Å². The molecule has 16 heavy (non-hydrogen) atoms. The van der Waals surface area contributed by atoms with Crippen LogP contribution < -0.4 is 5.48 Å². The largest absolute Gasteiger partial charge is 0.383 e. The van der Waals surface area contributed by atoms with Crippen LogP contribution in [0.5, 0.6) is 0 Å². The third-order valence-corrected chi connectivity index (χ3v) is 2.59. The summed E-state index contributed by atoms with van der Waals surface area (Å²) in [6, 6.07) is 9.53. The highest BCUT2D eigenvalue weighted by molar-refractivity contribution is 5.80. The maximum Gasteiger partial charge on any atom is 0.272 e. The molecule has 0 heterocycles. The van der Waals surface area contributed by atoms with Gasteiger partial charge < -0.3 is 5.11 Å². The van der Waals surface area contributed by atoms with Crippen LogP contribution in [0.4, 0.5) is 0 Å². The molecule has 0 radical (unpaired) electrons. The highest BCUT2D eigenvalue weighted by Gasteiger charge is 2.34. The third kappa shape index (κ3) is 3.05. The van der Waals surface area contributed by atoms with Gasteiger partial charge >= 0.3 is 0 Å². The maximum atomic E-state index is 11.3. The molecule has 0 aliphatic heterocycles. The Bertz CT molecular complexity index is 349. The van der Waals surface area contributed by atoms with E-state index in [0.717, 1.165) is 18.4 Å². The van der Waals surface area contributed by atoms with Crippen molar-refractivity contribution in [1.29, 1.82) is 0 Å². The maximum absolute atomic E-state index is 11.3. The minimum atomic E-state index is -0.921. The molecule has 1 saturated carbocycles. The minimum absolute atomic E-state index is 0.125. The van der Waals surface area contributed by atoms with Gasteiger partial charge in [-0.05, 0) is 24.3 Å². The number of hydroxylamine groups is 1. The Morgan fingerprint density at radius 3 is 2.75 bits per heavy atom. The molecule has 1 aromatic rings. The van der Waals surface area contributed by atoms with Gasteiger partial charge in [0.2, 0.25) is 0 Å². The van der Waals surface area contributed by atoms with Gasteiger partial charge in [-0.2, -0.15) is 0 Å². The van der Waals surface area contributed by atoms with Gasteiger partial charge in [0, 0.05) is 0 Å². The van der Waals surface area contributed by atoms with Crippen molar-refractivity contribution in [1.82, 2.24) is 5.48 Å². The summed E-state index contributed by atoms with van der Waals surface area (Å²) in [5, 5.41) is 9.46. The van der Waals surface area contributed by atoms with Gasteiger partial charge in [-0.1, -0.05) is 30.3 Å². The van der Waals surface area contributed by atoms with Gasteiger partial charge in [-0.3, -0.25) is 9.63 Å². The van der Waals surface area contributed by atoms with Crippen molar-refractivity contribution in [2.45, 2.75) is 25.6 Å². The number of nitrogens with one attached hydrogen (secondary N) is 1. The van der Waals surface area contributed by atoms with Crippen molar-refractivity contribution in [3.8, 4) is 0 Å². The molecule has 2 N–H and O–H groups in total. The van der Waals surface area contributed by atoms with Crippen LogP contribution >= 0.6 is 0 Å². The lowest BCUT2D eigenvalue weighted by Crippen LogP contribution is -2.35. The number of aliphatic hydroxyl groups excluding tert-OH is 1. The number of amides is 1. The Hall–Kier alpha value is -1.39. The van der Waals surface area contributed by atoms with Crippen molar-refractivity contribution < 1.29 is 14.7 Å². The topological polar surface area (TPSA) is 58.6 Å². The van der Waals surface area contributed by atoms with E-state index in [1.165, 1.54) is 0 Å². The van der Waals surface area contributed by atoms with Gasteiger partial charge in [0.25, 0.3) is 5.91 Å². The summed E-state index contributed by atoms with van der Waals surface area (Å²) < 4.78 is 0. The van der Waals surface area contributed by atoms with Crippen molar-refractivity contribution in [2.24, 2.45) is 5.92 Å². The zero-order valence-electron chi connectivity index (χ0n) is 8.93. The van der Waals surface area contributed by atoms with Crippen LogP contribution in [0.15, 0.2) is 30.3 Å². The van der Waals surface area contributed by atoms with Crippen molar-refractivity contribution in [3.63, 3.8) is 0 Å². The average Bonchev–Trinajstić information content (AvgIpc) is 3.13. The first-order valence-corrected chi connectivity index (χ1v) is 5.41. The summed E-state index contributed by atoms with van der Waals surface area (Å²) in [6.45, 7) is 0.309. The summed E-state index contributed by atoms with van der Waals surface area (Å²) in [6.07, 6.45) is 0.927. The lowest BCUT2D eigenvalue weighted by molar-refractivity contribution is -0.144. The smallest absolute Gasteiger partial charge is 0.272 e. The van der Waals surface area contributed by atoms with E-state index in [9.17, 15) is 9.90 Å². The highest BCUT2D eigenvalue weighted by Crippen LogP contribution is 2.32. The zero-order chi connectivity index (χ0) is 11.4. The SMILES string of the molecule is O=C(NOCc1ccccc1)C(O)C1CC1. The van der Waals surface area contributed by atoms with Gasteiger partial charge in [0.15, 0.2) is 0 Å². The zero-order valence-corrected chi connectivity index (χ0v) is 8.93. The summed E-state index contributed by atoms with van der Waals surface area (Å²) in [4.78, 5) is 16.3. The number of benzene rings is 1. The number of hydrogen-bond acceptors (Lipinski definition) is 3. The standard InChI is InChI=1S/C12H15NO3/c14-11(10-6-7-10)12(15)13-16-8-9-4-2-1-3-5-9/h1-5,10-11,14H,6-8H2,(H,13,15). The number of aliphatic hydroxyl groups is 1. The first kappa shape index (κ1) is 11.1. The molecule has 1 aliphatic rings. The predicted molar refractivity (Wildman–Crippen MR) is 58.1 cm³/mol. The minimum Gasteiger partial charge on any atom is -0.383 e. The molecule has 1 unspecified atom stereocenters. The van der Waals surface area contributed by atoms with E-state index in [2.05, 4.69) is 5.48 Å². The molecule has 1 fully saturated rings. The van der Waals surface area contributed by atoms with Crippen LogP contribution in [-0.2, 0) is 16.2 Å². The van der Waals surface area contributed by atoms with E-state index < -0.39 is 12.0 Å². The fraction of sp³-hybridized carbons (Fsp3) is 0.417. The van der Waals surface area contributed by atoms with Crippen LogP contribution in [0, 0.1) is 5.92 Å². The van der Waals surface area contributed by atoms with E-state index in [1.54, 1.807) is 0 Å². The predicted octanol–water partition coefficient (Wildman–Crippen LogP) is 1.01. The second-order valence-electron chi connectivity index (χ2n) is 4.02. The molecule has 1 aromatic carbocycles. The molecule has 0 bridgehead atoms. The summed E-state index contributed by atoms with van der Waals surface area (Å²) >= 11 is 0. The lowest BCUT2D eigenvalue weighted by atomic mass is 10.2. The van der Waals surface area contributed by atoms with E-state index in [-0.39, 0.29) is 5.92 Å². The van der Waals surface area contributed by atoms with Crippen LogP contribution in [0.2, 0.25) is 0 Å². The molecule has 4 heteroatoms. The Labute approximate surface area is 94.2 Å². The summed E-state index contributed by atoms with van der Waals surface area (Å²) in [7, 11) is 0. The number of hydrogen-bond donors (Lipinski definition) is 2. The number of carbonyl (C=O) groups excluding carboxylic acids is 1. The second-order valence-corrected chi connectivity index (χ2v) is 4.02. The molecular weight excluding hydrogens is 206 g/mol. The van der Waals surface area contributed by atoms with Crippen molar-refractivity contribution in [3.05, 3.63) is 35.9 Å². The Morgan fingerprint density at radius 2 is 2.12 bits per heavy atom. The fourth-order valence-electron chi connectivity index (χ4n) is 1.45. The van der Waals surface area contributed by atoms with Crippen molar-refractivity contribution >= 4 is 5.91 Å². The van der Waals surface area contributed by atoms with Gasteiger partial charge in [-0.25, -0.2) is 5.48 Å². The average molecular weight is 221 g/mol. The van der Waals surface area contributed by atoms with E-state index in [1.807, 2.05) is 30.3 Å². The molecule has 1 aliphatic carbocycles. The van der Waals surface area contributed by atoms with Gasteiger partial charge in [-0.15, -0.1) is 0 Å². The van der Waals surface area contributed by atoms with E-state index >= 15 is 0 Å². The first-order valence-electron chi connectivity index (χ1n) is 5.41. The molecule has 0 aromatic heterocycles. The normalized spacial score (nSPS) is 16.8. The lowest BCUT2D eigenvalue weighted by Gasteiger charge is -2.10. The molecular formula is C12H15NO3. The molecule has 0 saturated heterocycles. The monoisotopic (exact) mass is 221 g/mol. The van der Waals surface area contributed by atoms with Gasteiger partial charge in [0.05, 0.1) is 6.61 Å². The molecule has 2 rings (SSSR count). The molecule has 86 valence electrons. The fourth-order valence-corrected chi connectivity index (χ4v) is 1.45. The molecule has 1 amide bonds. The first-order chi connectivity index (χ1) is 7.77. The quantitative estimate of drug-likeness (QED) is 0.729. The van der Waals surface area contributed by atoms with Crippen molar-refractivity contribution in [2.75, 3.05) is 0 Å². The summed E-state index contributed by atoms with van der Waals surface area (Å²) in [5.41, 5.74) is 3.24. The number of rotatable bonds is 5.